The van der Waals surface area contributed by atoms with Crippen LogP contribution in [0.4, 0.5) is 15.8 Å². The molecule has 1 spiro atoms. The van der Waals surface area contributed by atoms with Crippen LogP contribution in [0.15, 0.2) is 18.2 Å². The fourth-order valence-electron chi connectivity index (χ4n) is 3.78. The van der Waals surface area contributed by atoms with E-state index in [0.717, 1.165) is 31.4 Å². The molecule has 108 valence electrons. The molecule has 4 heteroatoms. The number of rotatable bonds is 1. The lowest BCUT2D eigenvalue weighted by molar-refractivity contribution is -0.123. The number of halogens is 1. The number of carbonyl (C=O) groups excluding carboxylic acids is 1. The monoisotopic (exact) mass is 276 g/mol. The van der Waals surface area contributed by atoms with Crippen LogP contribution >= 0.6 is 0 Å². The fourth-order valence-corrected chi connectivity index (χ4v) is 3.78. The lowest BCUT2D eigenvalue weighted by Crippen LogP contribution is -2.63. The molecule has 0 bridgehead atoms. The van der Waals surface area contributed by atoms with Crippen molar-refractivity contribution < 1.29 is 9.18 Å². The molecule has 0 aromatic heterocycles. The number of nitrogens with zero attached hydrogens (tertiary/aromatic N) is 1. The standard InChI is InChI=1S/C16H21FN2O/c1-11(2)19-13-8-6-7-12(17)14(13)18-15(20)16(19)9-4-3-5-10-16/h6-8,11H,3-5,9-10H2,1-2H3,(H,18,20). The Kier molecular flexibility index (Phi) is 3.19. The molecule has 2 aliphatic rings. The average molecular weight is 276 g/mol. The van der Waals surface area contributed by atoms with E-state index in [1.807, 2.05) is 6.07 Å². The Morgan fingerprint density at radius 1 is 1.25 bits per heavy atom. The predicted molar refractivity (Wildman–Crippen MR) is 78.5 cm³/mol. The summed E-state index contributed by atoms with van der Waals surface area (Å²) in [6.45, 7) is 4.15. The Balaban J connectivity index is 2.15. The average Bonchev–Trinajstić information content (AvgIpc) is 2.42. The van der Waals surface area contributed by atoms with Gasteiger partial charge in [0.1, 0.15) is 17.0 Å². The van der Waals surface area contributed by atoms with Gasteiger partial charge in [0.2, 0.25) is 5.91 Å². The van der Waals surface area contributed by atoms with Crippen LogP contribution in [0.25, 0.3) is 0 Å². The number of hydrogen-bond acceptors (Lipinski definition) is 2. The van der Waals surface area contributed by atoms with Gasteiger partial charge in [0.05, 0.1) is 5.69 Å². The molecule has 1 N–H and O–H groups in total. The second-order valence-electron chi connectivity index (χ2n) is 6.14. The zero-order valence-corrected chi connectivity index (χ0v) is 12.1. The van der Waals surface area contributed by atoms with E-state index in [9.17, 15) is 9.18 Å². The van der Waals surface area contributed by atoms with E-state index in [4.69, 9.17) is 0 Å². The lowest BCUT2D eigenvalue weighted by Gasteiger charge is -2.51. The van der Waals surface area contributed by atoms with Crippen molar-refractivity contribution >= 4 is 17.3 Å². The van der Waals surface area contributed by atoms with Crippen LogP contribution in [0.1, 0.15) is 46.0 Å². The summed E-state index contributed by atoms with van der Waals surface area (Å²) in [4.78, 5) is 14.8. The van der Waals surface area contributed by atoms with E-state index in [1.54, 1.807) is 6.07 Å². The van der Waals surface area contributed by atoms with E-state index in [-0.39, 0.29) is 17.8 Å². The van der Waals surface area contributed by atoms with Gasteiger partial charge in [0.25, 0.3) is 0 Å². The first-order valence-corrected chi connectivity index (χ1v) is 7.45. The lowest BCUT2D eigenvalue weighted by atomic mass is 9.77. The third-order valence-electron chi connectivity index (χ3n) is 4.57. The van der Waals surface area contributed by atoms with Crippen molar-refractivity contribution in [2.75, 3.05) is 10.2 Å². The molecule has 0 unspecified atom stereocenters. The molecule has 1 aliphatic carbocycles. The molecule has 20 heavy (non-hydrogen) atoms. The number of fused-ring (bicyclic) bond motifs is 1. The van der Waals surface area contributed by atoms with Gasteiger partial charge in [-0.15, -0.1) is 0 Å². The van der Waals surface area contributed by atoms with Gasteiger partial charge >= 0.3 is 0 Å². The second kappa shape index (κ2) is 4.76. The number of nitrogens with one attached hydrogen (secondary N) is 1. The van der Waals surface area contributed by atoms with Gasteiger partial charge in [-0.25, -0.2) is 4.39 Å². The number of hydrogen-bond donors (Lipinski definition) is 1. The van der Waals surface area contributed by atoms with E-state index >= 15 is 0 Å². The van der Waals surface area contributed by atoms with Gasteiger partial charge in [0.15, 0.2) is 0 Å². The maximum atomic E-state index is 14.0. The number of anilines is 2. The largest absolute Gasteiger partial charge is 0.353 e. The molecule has 1 aromatic carbocycles. The summed E-state index contributed by atoms with van der Waals surface area (Å²) < 4.78 is 14.0. The Morgan fingerprint density at radius 3 is 2.60 bits per heavy atom. The van der Waals surface area contributed by atoms with Crippen LogP contribution in [0.3, 0.4) is 0 Å². The predicted octanol–water partition coefficient (Wildman–Crippen LogP) is 3.70. The first-order valence-electron chi connectivity index (χ1n) is 7.45. The van der Waals surface area contributed by atoms with Crippen molar-refractivity contribution in [3.05, 3.63) is 24.0 Å². The third-order valence-corrected chi connectivity index (χ3v) is 4.57. The van der Waals surface area contributed by atoms with Crippen LogP contribution < -0.4 is 10.2 Å². The first-order chi connectivity index (χ1) is 9.56. The fraction of sp³-hybridized carbons (Fsp3) is 0.562. The SMILES string of the molecule is CC(C)N1c2cccc(F)c2NC(=O)C12CCCCC2. The van der Waals surface area contributed by atoms with Crippen molar-refractivity contribution in [1.29, 1.82) is 0 Å². The summed E-state index contributed by atoms with van der Waals surface area (Å²) in [6.07, 6.45) is 5.00. The first kappa shape index (κ1) is 13.4. The zero-order chi connectivity index (χ0) is 14.3. The quantitative estimate of drug-likeness (QED) is 0.848. The van der Waals surface area contributed by atoms with Gasteiger partial charge in [-0.1, -0.05) is 25.3 Å². The molecule has 0 atom stereocenters. The third kappa shape index (κ3) is 1.81. The number of para-hydroxylation sites is 1. The minimum atomic E-state index is -0.493. The second-order valence-corrected chi connectivity index (χ2v) is 6.14. The molecular formula is C16H21FN2O. The molecule has 1 heterocycles. The number of benzene rings is 1. The van der Waals surface area contributed by atoms with Crippen molar-refractivity contribution in [3.63, 3.8) is 0 Å². The highest BCUT2D eigenvalue weighted by Gasteiger charge is 2.49. The summed E-state index contributed by atoms with van der Waals surface area (Å²) >= 11 is 0. The summed E-state index contributed by atoms with van der Waals surface area (Å²) in [5, 5.41) is 2.82. The highest BCUT2D eigenvalue weighted by molar-refractivity contribution is 6.07. The Labute approximate surface area is 119 Å². The molecular weight excluding hydrogens is 255 g/mol. The summed E-state index contributed by atoms with van der Waals surface area (Å²) in [6, 6.07) is 5.20. The Morgan fingerprint density at radius 2 is 1.95 bits per heavy atom. The van der Waals surface area contributed by atoms with Crippen LogP contribution in [0.5, 0.6) is 0 Å². The van der Waals surface area contributed by atoms with Gasteiger partial charge < -0.3 is 10.2 Å². The number of carbonyl (C=O) groups is 1. The highest BCUT2D eigenvalue weighted by Crippen LogP contribution is 2.45. The molecule has 1 aliphatic heterocycles. The maximum Gasteiger partial charge on any atom is 0.250 e. The molecule has 1 saturated carbocycles. The normalized spacial score (nSPS) is 21.0. The van der Waals surface area contributed by atoms with Crippen molar-refractivity contribution in [2.24, 2.45) is 0 Å². The molecule has 1 fully saturated rings. The molecule has 3 nitrogen and oxygen atoms in total. The Hall–Kier alpha value is -1.58. The Bertz CT molecular complexity index is 535. The van der Waals surface area contributed by atoms with Crippen molar-refractivity contribution in [1.82, 2.24) is 0 Å². The van der Waals surface area contributed by atoms with Crippen molar-refractivity contribution in [3.8, 4) is 0 Å². The highest BCUT2D eigenvalue weighted by atomic mass is 19.1. The summed E-state index contributed by atoms with van der Waals surface area (Å²) in [5.41, 5.74) is 0.664. The minimum absolute atomic E-state index is 0.0384. The van der Waals surface area contributed by atoms with Crippen LogP contribution in [0, 0.1) is 5.82 Å². The van der Waals surface area contributed by atoms with E-state index < -0.39 is 5.54 Å². The molecule has 1 amide bonds. The molecule has 0 radical (unpaired) electrons. The van der Waals surface area contributed by atoms with Crippen molar-refractivity contribution in [2.45, 2.75) is 57.5 Å². The van der Waals surface area contributed by atoms with Gasteiger partial charge in [-0.05, 0) is 38.8 Å². The van der Waals surface area contributed by atoms with E-state index in [0.29, 0.717) is 5.69 Å². The van der Waals surface area contributed by atoms with Crippen LogP contribution in [0.2, 0.25) is 0 Å². The van der Waals surface area contributed by atoms with Crippen LogP contribution in [-0.2, 0) is 4.79 Å². The van der Waals surface area contributed by atoms with Crippen LogP contribution in [-0.4, -0.2) is 17.5 Å². The van der Waals surface area contributed by atoms with Gasteiger partial charge in [0, 0.05) is 6.04 Å². The zero-order valence-electron chi connectivity index (χ0n) is 12.1. The number of amides is 1. The molecule has 1 aromatic rings. The van der Waals surface area contributed by atoms with Gasteiger partial charge in [-0.3, -0.25) is 4.79 Å². The van der Waals surface area contributed by atoms with E-state index in [2.05, 4.69) is 24.1 Å². The van der Waals surface area contributed by atoms with E-state index in [1.165, 1.54) is 12.5 Å². The smallest absolute Gasteiger partial charge is 0.250 e. The van der Waals surface area contributed by atoms with Gasteiger partial charge in [-0.2, -0.15) is 0 Å². The topological polar surface area (TPSA) is 32.3 Å². The maximum absolute atomic E-state index is 14.0. The summed E-state index contributed by atoms with van der Waals surface area (Å²) in [5.74, 6) is -0.393. The minimum Gasteiger partial charge on any atom is -0.353 e. The molecule has 3 rings (SSSR count). The molecule has 0 saturated heterocycles. The summed E-state index contributed by atoms with van der Waals surface area (Å²) in [7, 11) is 0.